The van der Waals surface area contributed by atoms with Crippen LogP contribution in [0.2, 0.25) is 0 Å². The number of rotatable bonds is 6. The highest BCUT2D eigenvalue weighted by atomic mass is 32.1. The molecule has 0 saturated carbocycles. The van der Waals surface area contributed by atoms with Crippen molar-refractivity contribution in [2.45, 2.75) is 27.2 Å². The Balaban J connectivity index is 3.02. The van der Waals surface area contributed by atoms with Crippen LogP contribution in [0.1, 0.15) is 36.9 Å². The molecule has 0 radical (unpaired) electrons. The lowest BCUT2D eigenvalue weighted by Crippen LogP contribution is -2.41. The van der Waals surface area contributed by atoms with Gasteiger partial charge in [0.1, 0.15) is 5.41 Å². The fourth-order valence-corrected chi connectivity index (χ4v) is 2.32. The molecule has 5 heteroatoms. The second-order valence-corrected chi connectivity index (χ2v) is 4.99. The molecule has 1 unspecified atom stereocenters. The maximum Gasteiger partial charge on any atom is 0.375 e. The second kappa shape index (κ2) is 5.91. The van der Waals surface area contributed by atoms with Gasteiger partial charge in [0, 0.05) is 0 Å². The van der Waals surface area contributed by atoms with Crippen LogP contribution in [0.25, 0.3) is 0 Å². The minimum atomic E-state index is -1.34. The van der Waals surface area contributed by atoms with Crippen molar-refractivity contribution in [1.29, 1.82) is 0 Å². The topological polar surface area (TPSA) is 60.4 Å². The van der Waals surface area contributed by atoms with E-state index in [1.807, 2.05) is 0 Å². The van der Waals surface area contributed by atoms with Crippen LogP contribution >= 0.6 is 11.3 Å². The number of ketones is 2. The van der Waals surface area contributed by atoms with Gasteiger partial charge < -0.3 is 4.74 Å². The third kappa shape index (κ3) is 2.67. The molecule has 1 aromatic rings. The Hall–Kier alpha value is -1.49. The van der Waals surface area contributed by atoms with E-state index in [2.05, 4.69) is 4.74 Å². The van der Waals surface area contributed by atoms with Crippen molar-refractivity contribution in [3.63, 3.8) is 0 Å². The third-order valence-corrected chi connectivity index (χ3v) is 3.78. The Morgan fingerprint density at radius 3 is 2.44 bits per heavy atom. The molecule has 0 aromatic carbocycles. The van der Waals surface area contributed by atoms with Crippen LogP contribution in [0.5, 0.6) is 0 Å². The van der Waals surface area contributed by atoms with Crippen molar-refractivity contribution in [3.8, 4) is 0 Å². The van der Waals surface area contributed by atoms with Gasteiger partial charge in [-0.3, -0.25) is 9.59 Å². The summed E-state index contributed by atoms with van der Waals surface area (Å²) in [5.41, 5.74) is -1.34. The monoisotopic (exact) mass is 268 g/mol. The molecular formula is C13H16O4S. The number of esters is 1. The first-order valence-corrected chi connectivity index (χ1v) is 6.65. The van der Waals surface area contributed by atoms with Crippen molar-refractivity contribution in [3.05, 3.63) is 22.4 Å². The first-order valence-electron chi connectivity index (χ1n) is 5.77. The summed E-state index contributed by atoms with van der Waals surface area (Å²) in [7, 11) is 0. The van der Waals surface area contributed by atoms with Gasteiger partial charge in [0.2, 0.25) is 0 Å². The van der Waals surface area contributed by atoms with Gasteiger partial charge in [-0.25, -0.2) is 4.79 Å². The lowest BCUT2D eigenvalue weighted by Gasteiger charge is -2.22. The number of carbonyl (C=O) groups is 3. The molecule has 0 aliphatic heterocycles. The summed E-state index contributed by atoms with van der Waals surface area (Å²) in [5.74, 6) is -2.03. The summed E-state index contributed by atoms with van der Waals surface area (Å²) >= 11 is 1.26. The van der Waals surface area contributed by atoms with Crippen LogP contribution in [0, 0.1) is 5.41 Å². The quantitative estimate of drug-likeness (QED) is 0.344. The highest BCUT2D eigenvalue weighted by molar-refractivity contribution is 7.12. The Morgan fingerprint density at radius 2 is 2.00 bits per heavy atom. The summed E-state index contributed by atoms with van der Waals surface area (Å²) in [6, 6.07) is 3.39. The van der Waals surface area contributed by atoms with Crippen LogP contribution in [0.4, 0.5) is 0 Å². The van der Waals surface area contributed by atoms with E-state index in [0.717, 1.165) is 0 Å². The van der Waals surface area contributed by atoms with Crippen molar-refractivity contribution >= 4 is 28.9 Å². The zero-order valence-corrected chi connectivity index (χ0v) is 11.5. The smallest absolute Gasteiger partial charge is 0.375 e. The van der Waals surface area contributed by atoms with Crippen LogP contribution < -0.4 is 0 Å². The minimum Gasteiger partial charge on any atom is -0.460 e. The number of hydrogen-bond acceptors (Lipinski definition) is 5. The summed E-state index contributed by atoms with van der Waals surface area (Å²) in [5, 5.41) is 1.76. The van der Waals surface area contributed by atoms with Gasteiger partial charge in [-0.2, -0.15) is 0 Å². The van der Waals surface area contributed by atoms with Crippen molar-refractivity contribution in [2.24, 2.45) is 5.41 Å². The maximum absolute atomic E-state index is 12.3. The number of hydrogen-bond donors (Lipinski definition) is 0. The third-order valence-electron chi connectivity index (χ3n) is 2.92. The second-order valence-electron chi connectivity index (χ2n) is 4.04. The molecule has 0 bridgehead atoms. The SMILES string of the molecule is CCOC(=O)C(=O)C(C)(CC)C(=O)c1cccs1. The zero-order valence-electron chi connectivity index (χ0n) is 10.7. The van der Waals surface area contributed by atoms with Gasteiger partial charge in [-0.05, 0) is 31.7 Å². The van der Waals surface area contributed by atoms with E-state index in [1.54, 1.807) is 31.4 Å². The van der Waals surface area contributed by atoms with Gasteiger partial charge in [0.25, 0.3) is 5.78 Å². The number of ether oxygens (including phenoxy) is 1. The summed E-state index contributed by atoms with van der Waals surface area (Å²) in [6.45, 7) is 4.95. The Kier molecular flexibility index (Phi) is 4.78. The van der Waals surface area contributed by atoms with E-state index >= 15 is 0 Å². The van der Waals surface area contributed by atoms with E-state index in [1.165, 1.54) is 18.3 Å². The van der Waals surface area contributed by atoms with E-state index < -0.39 is 17.2 Å². The normalized spacial score (nSPS) is 13.7. The first-order chi connectivity index (χ1) is 8.47. The molecule has 0 aliphatic carbocycles. The fraction of sp³-hybridized carbons (Fsp3) is 0.462. The molecule has 4 nitrogen and oxygen atoms in total. The fourth-order valence-electron chi connectivity index (χ4n) is 1.53. The minimum absolute atomic E-state index is 0.123. The molecule has 0 aliphatic rings. The molecular weight excluding hydrogens is 252 g/mol. The number of carbonyl (C=O) groups excluding carboxylic acids is 3. The van der Waals surface area contributed by atoms with E-state index in [-0.39, 0.29) is 18.8 Å². The Bertz CT molecular complexity index is 450. The van der Waals surface area contributed by atoms with Gasteiger partial charge >= 0.3 is 5.97 Å². The Morgan fingerprint density at radius 1 is 1.33 bits per heavy atom. The predicted octanol–water partition coefficient (Wildman–Crippen LogP) is 2.48. The van der Waals surface area contributed by atoms with Crippen molar-refractivity contribution in [1.82, 2.24) is 0 Å². The van der Waals surface area contributed by atoms with Crippen LogP contribution in [-0.2, 0) is 14.3 Å². The van der Waals surface area contributed by atoms with Gasteiger partial charge in [0.05, 0.1) is 11.5 Å². The van der Waals surface area contributed by atoms with Crippen LogP contribution in [-0.4, -0.2) is 24.1 Å². The van der Waals surface area contributed by atoms with Gasteiger partial charge in [0.15, 0.2) is 5.78 Å². The van der Waals surface area contributed by atoms with Gasteiger partial charge in [-0.15, -0.1) is 11.3 Å². The molecule has 0 amide bonds. The van der Waals surface area contributed by atoms with E-state index in [4.69, 9.17) is 0 Å². The molecule has 0 N–H and O–H groups in total. The average molecular weight is 268 g/mol. The standard InChI is InChI=1S/C13H16O4S/c1-4-13(3,11(15)12(16)17-5-2)10(14)9-7-6-8-18-9/h6-8H,4-5H2,1-3H3. The first kappa shape index (κ1) is 14.6. The number of thiophene rings is 1. The molecule has 0 spiro atoms. The van der Waals surface area contributed by atoms with E-state index in [9.17, 15) is 14.4 Å². The molecule has 1 atom stereocenters. The summed E-state index contributed by atoms with van der Waals surface area (Å²) < 4.78 is 4.68. The highest BCUT2D eigenvalue weighted by Gasteiger charge is 2.44. The molecule has 0 fully saturated rings. The van der Waals surface area contributed by atoms with Crippen molar-refractivity contribution < 1.29 is 19.1 Å². The molecule has 98 valence electrons. The van der Waals surface area contributed by atoms with Gasteiger partial charge in [-0.1, -0.05) is 13.0 Å². The van der Waals surface area contributed by atoms with Crippen LogP contribution in [0.15, 0.2) is 17.5 Å². The summed E-state index contributed by atoms with van der Waals surface area (Å²) in [4.78, 5) is 36.3. The van der Waals surface area contributed by atoms with Crippen molar-refractivity contribution in [2.75, 3.05) is 6.61 Å². The average Bonchev–Trinajstić information content (AvgIpc) is 2.90. The van der Waals surface area contributed by atoms with Crippen LogP contribution in [0.3, 0.4) is 0 Å². The van der Waals surface area contributed by atoms with E-state index in [0.29, 0.717) is 4.88 Å². The Labute approximate surface area is 110 Å². The summed E-state index contributed by atoms with van der Waals surface area (Å²) in [6.07, 6.45) is 0.265. The molecule has 1 heterocycles. The lowest BCUT2D eigenvalue weighted by molar-refractivity contribution is -0.156. The maximum atomic E-state index is 12.3. The molecule has 1 rings (SSSR count). The lowest BCUT2D eigenvalue weighted by atomic mass is 9.78. The highest BCUT2D eigenvalue weighted by Crippen LogP contribution is 2.30. The molecule has 1 aromatic heterocycles. The zero-order chi connectivity index (χ0) is 13.8. The molecule has 0 saturated heterocycles. The predicted molar refractivity (Wildman–Crippen MR) is 68.7 cm³/mol. The largest absolute Gasteiger partial charge is 0.460 e. The molecule has 18 heavy (non-hydrogen) atoms. The number of Topliss-reactive ketones (excluding diaryl/α,β-unsaturated/α-hetero) is 2.